The highest BCUT2D eigenvalue weighted by Crippen LogP contribution is 2.39. The third-order valence-electron chi connectivity index (χ3n) is 11.1. The summed E-state index contributed by atoms with van der Waals surface area (Å²) in [6.45, 7) is 2.11. The van der Waals surface area contributed by atoms with Gasteiger partial charge in [0, 0.05) is 43.8 Å². The Morgan fingerprint density at radius 2 is 0.719 bits per heavy atom. The molecule has 268 valence electrons. The maximum absolute atomic E-state index is 6.49. The van der Waals surface area contributed by atoms with E-state index >= 15 is 0 Å². The maximum Gasteiger partial charge on any atom is 0.160 e. The Bertz CT molecular complexity index is 3270. The monoisotopic (exact) mass is 730 g/mol. The lowest BCUT2D eigenvalue weighted by Gasteiger charge is -2.14. The summed E-state index contributed by atoms with van der Waals surface area (Å²) in [5, 5.41) is 4.29. The van der Waals surface area contributed by atoms with Gasteiger partial charge in [-0.05, 0) is 88.8 Å². The maximum atomic E-state index is 6.49. The molecule has 0 aliphatic rings. The molecule has 4 heteroatoms. The van der Waals surface area contributed by atoms with Crippen LogP contribution >= 0.6 is 0 Å². The Morgan fingerprint density at radius 1 is 0.298 bits per heavy atom. The molecule has 0 spiro atoms. The summed E-state index contributed by atoms with van der Waals surface area (Å²) in [5.74, 6) is 0.647. The molecule has 0 atom stereocenters. The van der Waals surface area contributed by atoms with Crippen LogP contribution in [-0.4, -0.2) is 9.97 Å². The van der Waals surface area contributed by atoms with Gasteiger partial charge in [0.05, 0.1) is 11.4 Å². The lowest BCUT2D eigenvalue weighted by atomic mass is 9.97. The summed E-state index contributed by atoms with van der Waals surface area (Å²) in [6.07, 6.45) is 0. The number of rotatable bonds is 6. The molecule has 11 rings (SSSR count). The molecule has 0 N–H and O–H groups in total. The molecule has 0 fully saturated rings. The fraction of sp³-hybridized carbons (Fsp3) is 0.0189. The van der Waals surface area contributed by atoms with Gasteiger partial charge in [-0.2, -0.15) is 0 Å². The van der Waals surface area contributed by atoms with E-state index < -0.39 is 0 Å². The first-order valence-electron chi connectivity index (χ1n) is 19.2. The van der Waals surface area contributed by atoms with E-state index in [4.69, 9.17) is 18.8 Å². The molecule has 0 aliphatic carbocycles. The third kappa shape index (κ3) is 5.78. The molecule has 0 bridgehead atoms. The van der Waals surface area contributed by atoms with Gasteiger partial charge < -0.3 is 8.83 Å². The van der Waals surface area contributed by atoms with Gasteiger partial charge in [0.1, 0.15) is 22.3 Å². The van der Waals surface area contributed by atoms with Gasteiger partial charge in [0.15, 0.2) is 5.82 Å². The number of hydrogen-bond donors (Lipinski definition) is 0. The highest BCUT2D eigenvalue weighted by molar-refractivity contribution is 6.08. The van der Waals surface area contributed by atoms with E-state index in [1.807, 2.05) is 42.5 Å². The van der Waals surface area contributed by atoms with Crippen molar-refractivity contribution in [2.45, 2.75) is 6.92 Å². The van der Waals surface area contributed by atoms with Crippen LogP contribution in [-0.2, 0) is 0 Å². The van der Waals surface area contributed by atoms with Crippen LogP contribution in [0.3, 0.4) is 0 Å². The minimum Gasteiger partial charge on any atom is -0.456 e. The van der Waals surface area contributed by atoms with Crippen molar-refractivity contribution in [3.05, 3.63) is 194 Å². The first-order valence-corrected chi connectivity index (χ1v) is 19.2. The quantitative estimate of drug-likeness (QED) is 0.171. The SMILES string of the molecule is Cc1c(-c2ccccc2)nc(-c2ccc3c(c2)oc2ccccc23)nc1-c1ccc2oc3cc(-c4ccc(-c5ccc(-c6ccccc6)cc5)cc4)ccc3c2c1. The Labute approximate surface area is 329 Å². The molecule has 0 aliphatic heterocycles. The van der Waals surface area contributed by atoms with Gasteiger partial charge in [0.25, 0.3) is 0 Å². The third-order valence-corrected chi connectivity index (χ3v) is 11.1. The topological polar surface area (TPSA) is 52.1 Å². The van der Waals surface area contributed by atoms with E-state index in [2.05, 4.69) is 153 Å². The number of benzene rings is 8. The molecular formula is C53H34N2O2. The zero-order chi connectivity index (χ0) is 37.9. The predicted octanol–water partition coefficient (Wildman–Crippen LogP) is 14.6. The van der Waals surface area contributed by atoms with E-state index in [9.17, 15) is 0 Å². The zero-order valence-corrected chi connectivity index (χ0v) is 31.1. The standard InChI is InChI=1S/C53H34N2O2/c1-33-51(39-12-6-3-7-13-39)54-53(42-25-28-44-43-14-8-9-15-47(43)56-50(44)32-42)55-52(33)41-26-29-48-46(30-41)45-27-24-40(31-49(45)57-48)38-22-20-37(21-23-38)36-18-16-35(17-19-36)34-10-4-2-5-11-34/h2-32H,1H3. The molecule has 11 aromatic rings. The number of para-hydroxylation sites is 1. The average molecular weight is 731 g/mol. The predicted molar refractivity (Wildman–Crippen MR) is 234 cm³/mol. The van der Waals surface area contributed by atoms with Crippen LogP contribution in [0.25, 0.3) is 111 Å². The van der Waals surface area contributed by atoms with Crippen LogP contribution in [0.4, 0.5) is 0 Å². The molecular weight excluding hydrogens is 697 g/mol. The second-order valence-electron chi connectivity index (χ2n) is 14.6. The number of fused-ring (bicyclic) bond motifs is 6. The van der Waals surface area contributed by atoms with Crippen LogP contribution in [0.5, 0.6) is 0 Å². The summed E-state index contributed by atoms with van der Waals surface area (Å²) in [4.78, 5) is 10.4. The van der Waals surface area contributed by atoms with Crippen molar-refractivity contribution in [2.75, 3.05) is 0 Å². The van der Waals surface area contributed by atoms with Crippen molar-refractivity contribution in [1.29, 1.82) is 0 Å². The number of aromatic nitrogens is 2. The Hall–Kier alpha value is -7.56. The molecule has 3 heterocycles. The van der Waals surface area contributed by atoms with Gasteiger partial charge in [-0.25, -0.2) is 9.97 Å². The minimum atomic E-state index is 0.647. The number of hydrogen-bond acceptors (Lipinski definition) is 4. The minimum absolute atomic E-state index is 0.647. The molecule has 0 saturated carbocycles. The normalized spacial score (nSPS) is 11.6. The largest absolute Gasteiger partial charge is 0.456 e. The summed E-state index contributed by atoms with van der Waals surface area (Å²) in [5.41, 5.74) is 16.2. The Balaban J connectivity index is 0.950. The average Bonchev–Trinajstić information content (AvgIpc) is 3.84. The molecule has 0 amide bonds. The molecule has 0 unspecified atom stereocenters. The van der Waals surface area contributed by atoms with Crippen LogP contribution in [0.2, 0.25) is 0 Å². The van der Waals surface area contributed by atoms with Crippen LogP contribution in [0.15, 0.2) is 197 Å². The highest BCUT2D eigenvalue weighted by Gasteiger charge is 2.19. The molecule has 57 heavy (non-hydrogen) atoms. The lowest BCUT2D eigenvalue weighted by molar-refractivity contribution is 0.668. The number of furan rings is 2. The molecule has 0 saturated heterocycles. The van der Waals surface area contributed by atoms with Crippen molar-refractivity contribution >= 4 is 43.9 Å². The van der Waals surface area contributed by atoms with Gasteiger partial charge in [-0.15, -0.1) is 0 Å². The first kappa shape index (κ1) is 32.8. The first-order chi connectivity index (χ1) is 28.1. The Kier molecular flexibility index (Phi) is 7.68. The van der Waals surface area contributed by atoms with Crippen LogP contribution in [0.1, 0.15) is 5.56 Å². The van der Waals surface area contributed by atoms with E-state index in [-0.39, 0.29) is 0 Å². The van der Waals surface area contributed by atoms with Crippen molar-refractivity contribution in [1.82, 2.24) is 9.97 Å². The number of nitrogens with zero attached hydrogens (tertiary/aromatic N) is 2. The van der Waals surface area contributed by atoms with Gasteiger partial charge in [-0.3, -0.25) is 0 Å². The van der Waals surface area contributed by atoms with Crippen molar-refractivity contribution in [3.63, 3.8) is 0 Å². The van der Waals surface area contributed by atoms with E-state index in [0.717, 1.165) is 88.6 Å². The van der Waals surface area contributed by atoms with Crippen molar-refractivity contribution in [2.24, 2.45) is 0 Å². The van der Waals surface area contributed by atoms with E-state index in [0.29, 0.717) is 5.82 Å². The molecule has 3 aromatic heterocycles. The molecule has 0 radical (unpaired) electrons. The summed E-state index contributed by atoms with van der Waals surface area (Å²) >= 11 is 0. The fourth-order valence-electron chi connectivity index (χ4n) is 8.11. The van der Waals surface area contributed by atoms with Gasteiger partial charge >= 0.3 is 0 Å². The zero-order valence-electron chi connectivity index (χ0n) is 31.1. The van der Waals surface area contributed by atoms with Crippen LogP contribution in [0, 0.1) is 6.92 Å². The van der Waals surface area contributed by atoms with Crippen LogP contribution < -0.4 is 0 Å². The van der Waals surface area contributed by atoms with E-state index in [1.165, 1.54) is 22.3 Å². The highest BCUT2D eigenvalue weighted by atomic mass is 16.3. The lowest BCUT2D eigenvalue weighted by Crippen LogP contribution is -2.00. The summed E-state index contributed by atoms with van der Waals surface area (Å²) in [6, 6.07) is 65.6. The Morgan fingerprint density at radius 3 is 1.37 bits per heavy atom. The van der Waals surface area contributed by atoms with Crippen molar-refractivity contribution < 1.29 is 8.83 Å². The van der Waals surface area contributed by atoms with Gasteiger partial charge in [0.2, 0.25) is 0 Å². The second-order valence-corrected chi connectivity index (χ2v) is 14.6. The molecule has 8 aromatic carbocycles. The smallest absolute Gasteiger partial charge is 0.160 e. The summed E-state index contributed by atoms with van der Waals surface area (Å²) in [7, 11) is 0. The summed E-state index contributed by atoms with van der Waals surface area (Å²) < 4.78 is 12.7. The fourth-order valence-corrected chi connectivity index (χ4v) is 8.11. The molecule has 4 nitrogen and oxygen atoms in total. The van der Waals surface area contributed by atoms with E-state index in [1.54, 1.807) is 0 Å². The second kappa shape index (κ2) is 13.3. The van der Waals surface area contributed by atoms with Gasteiger partial charge in [-0.1, -0.05) is 140 Å². The van der Waals surface area contributed by atoms with Crippen molar-refractivity contribution in [3.8, 4) is 67.3 Å².